The number of rotatable bonds is 1. The average Bonchev–Trinajstić information content (AvgIpc) is 2.17. The van der Waals surface area contributed by atoms with E-state index in [0.29, 0.717) is 16.1 Å². The van der Waals surface area contributed by atoms with Crippen LogP contribution in [0.5, 0.6) is 0 Å². The Kier molecular flexibility index (Phi) is 2.69. The first-order chi connectivity index (χ1) is 7.16. The van der Waals surface area contributed by atoms with Crippen molar-refractivity contribution in [2.75, 3.05) is 0 Å². The minimum Gasteiger partial charge on any atom is -0.207 e. The van der Waals surface area contributed by atoms with Gasteiger partial charge in [-0.05, 0) is 35.9 Å². The highest BCUT2D eigenvalue weighted by Gasteiger charge is 2.06. The van der Waals surface area contributed by atoms with Gasteiger partial charge in [-0.3, -0.25) is 0 Å². The first kappa shape index (κ1) is 10.1. The van der Waals surface area contributed by atoms with E-state index in [2.05, 4.69) is 6.07 Å². The molecule has 0 spiro atoms. The minimum atomic E-state index is -0.617. The van der Waals surface area contributed by atoms with Crippen molar-refractivity contribution in [1.29, 1.82) is 0 Å². The van der Waals surface area contributed by atoms with E-state index in [1.165, 1.54) is 12.1 Å². The van der Waals surface area contributed by atoms with Gasteiger partial charge >= 0.3 is 0 Å². The van der Waals surface area contributed by atoms with Crippen molar-refractivity contribution < 1.29 is 8.78 Å². The largest absolute Gasteiger partial charge is 0.207 e. The van der Waals surface area contributed by atoms with Gasteiger partial charge in [0.15, 0.2) is 0 Å². The average molecular weight is 224 g/mol. The molecule has 75 valence electrons. The van der Waals surface area contributed by atoms with Crippen molar-refractivity contribution in [3.63, 3.8) is 0 Å². The zero-order chi connectivity index (χ0) is 10.8. The molecule has 0 unspecified atom stereocenters. The summed E-state index contributed by atoms with van der Waals surface area (Å²) in [5.41, 5.74) is 0.805. The van der Waals surface area contributed by atoms with Crippen LogP contribution in [-0.4, -0.2) is 0 Å². The molecule has 0 fully saturated rings. The van der Waals surface area contributed by atoms with Crippen molar-refractivity contribution in [1.82, 2.24) is 0 Å². The Bertz CT molecular complexity index is 495. The van der Waals surface area contributed by atoms with E-state index in [9.17, 15) is 8.78 Å². The van der Waals surface area contributed by atoms with E-state index in [1.807, 2.05) is 0 Å². The maximum atomic E-state index is 13.4. The third-order valence-electron chi connectivity index (χ3n) is 1.98. The second-order valence-electron chi connectivity index (χ2n) is 3.04. The van der Waals surface area contributed by atoms with Crippen molar-refractivity contribution >= 4 is 11.6 Å². The molecule has 0 aliphatic carbocycles. The Hall–Kier alpha value is -1.41. The highest BCUT2D eigenvalue weighted by atomic mass is 35.5. The fraction of sp³-hybridized carbons (Fsp3) is 0. The van der Waals surface area contributed by atoms with Crippen LogP contribution >= 0.6 is 11.6 Å². The second-order valence-corrected chi connectivity index (χ2v) is 3.48. The van der Waals surface area contributed by atoms with Gasteiger partial charge < -0.3 is 0 Å². The maximum Gasteiger partial charge on any atom is 0.133 e. The van der Waals surface area contributed by atoms with Crippen LogP contribution in [0.15, 0.2) is 36.4 Å². The van der Waals surface area contributed by atoms with Crippen molar-refractivity contribution in [3.8, 4) is 11.1 Å². The monoisotopic (exact) mass is 223 g/mol. The molecule has 0 nitrogen and oxygen atoms in total. The molecule has 0 heterocycles. The van der Waals surface area contributed by atoms with Crippen molar-refractivity contribution in [2.45, 2.75) is 0 Å². The topological polar surface area (TPSA) is 0 Å². The summed E-state index contributed by atoms with van der Waals surface area (Å²) in [4.78, 5) is 0. The molecule has 0 aliphatic rings. The standard InChI is InChI=1S/C12H6ClF2/c13-9-3-1-2-8(6-9)11-5-4-10(14)7-12(11)15/h1,3-7H. The molecule has 15 heavy (non-hydrogen) atoms. The van der Waals surface area contributed by atoms with Crippen molar-refractivity contribution in [2.24, 2.45) is 0 Å². The highest BCUT2D eigenvalue weighted by molar-refractivity contribution is 6.30. The summed E-state index contributed by atoms with van der Waals surface area (Å²) in [7, 11) is 0. The van der Waals surface area contributed by atoms with E-state index in [4.69, 9.17) is 11.6 Å². The van der Waals surface area contributed by atoms with Gasteiger partial charge in [-0.25, -0.2) is 8.78 Å². The van der Waals surface area contributed by atoms with Gasteiger partial charge in [0, 0.05) is 16.7 Å². The van der Waals surface area contributed by atoms with Crippen LogP contribution in [0, 0.1) is 17.7 Å². The van der Waals surface area contributed by atoms with E-state index in [1.54, 1.807) is 18.2 Å². The Morgan fingerprint density at radius 3 is 2.53 bits per heavy atom. The van der Waals surface area contributed by atoms with Gasteiger partial charge in [0.25, 0.3) is 0 Å². The fourth-order valence-corrected chi connectivity index (χ4v) is 1.47. The first-order valence-electron chi connectivity index (χ1n) is 4.29. The third kappa shape index (κ3) is 2.16. The molecule has 3 heteroatoms. The molecular formula is C12H6ClF2. The number of halogens is 3. The molecule has 2 aromatic rings. The molecule has 0 aliphatic heterocycles. The minimum absolute atomic E-state index is 0.291. The van der Waals surface area contributed by atoms with Crippen LogP contribution in [0.4, 0.5) is 8.78 Å². The second kappa shape index (κ2) is 3.99. The van der Waals surface area contributed by atoms with E-state index in [0.717, 1.165) is 6.07 Å². The summed E-state index contributed by atoms with van der Waals surface area (Å²) in [6.07, 6.45) is 0. The summed E-state index contributed by atoms with van der Waals surface area (Å²) in [6.45, 7) is 0. The molecule has 1 radical (unpaired) electrons. The van der Waals surface area contributed by atoms with Crippen molar-refractivity contribution in [3.05, 3.63) is 59.1 Å². The smallest absolute Gasteiger partial charge is 0.133 e. The quantitative estimate of drug-likeness (QED) is 0.683. The Balaban J connectivity index is 2.54. The van der Waals surface area contributed by atoms with Gasteiger partial charge in [-0.1, -0.05) is 17.7 Å². The van der Waals surface area contributed by atoms with Gasteiger partial charge in [0.1, 0.15) is 11.6 Å². The predicted octanol–water partition coefficient (Wildman–Crippen LogP) is 4.09. The zero-order valence-electron chi connectivity index (χ0n) is 7.60. The lowest BCUT2D eigenvalue weighted by Gasteiger charge is -2.03. The molecular weight excluding hydrogens is 218 g/mol. The molecule has 0 saturated heterocycles. The van der Waals surface area contributed by atoms with E-state index < -0.39 is 11.6 Å². The Morgan fingerprint density at radius 1 is 1.07 bits per heavy atom. The number of hydrogen-bond donors (Lipinski definition) is 0. The third-order valence-corrected chi connectivity index (χ3v) is 2.22. The number of benzene rings is 2. The molecule has 0 aromatic heterocycles. The number of hydrogen-bond acceptors (Lipinski definition) is 0. The lowest BCUT2D eigenvalue weighted by Crippen LogP contribution is -1.86. The van der Waals surface area contributed by atoms with Crippen LogP contribution < -0.4 is 0 Å². The highest BCUT2D eigenvalue weighted by Crippen LogP contribution is 2.25. The summed E-state index contributed by atoms with van der Waals surface area (Å²) in [5, 5.41) is 0.493. The SMILES string of the molecule is Fc1ccc(-c2[c]ccc(Cl)c2)c(F)c1. The molecule has 0 atom stereocenters. The van der Waals surface area contributed by atoms with Crippen LogP contribution in [0.2, 0.25) is 5.02 Å². The van der Waals surface area contributed by atoms with Crippen LogP contribution in [-0.2, 0) is 0 Å². The zero-order valence-corrected chi connectivity index (χ0v) is 8.35. The summed E-state index contributed by atoms with van der Waals surface area (Å²) in [5.74, 6) is -1.22. The lowest BCUT2D eigenvalue weighted by molar-refractivity contribution is 0.585. The predicted molar refractivity (Wildman–Crippen MR) is 55.6 cm³/mol. The van der Waals surface area contributed by atoms with Gasteiger partial charge in [0.2, 0.25) is 0 Å². The van der Waals surface area contributed by atoms with Crippen LogP contribution in [0.3, 0.4) is 0 Å². The molecule has 2 rings (SSSR count). The lowest BCUT2D eigenvalue weighted by atomic mass is 10.1. The summed E-state index contributed by atoms with van der Waals surface area (Å²) in [6, 6.07) is 11.1. The first-order valence-corrected chi connectivity index (χ1v) is 4.67. The molecule has 0 saturated carbocycles. The molecule has 2 aromatic carbocycles. The van der Waals surface area contributed by atoms with E-state index >= 15 is 0 Å². The molecule has 0 N–H and O–H groups in total. The molecule has 0 bridgehead atoms. The van der Waals surface area contributed by atoms with Gasteiger partial charge in [0.05, 0.1) is 0 Å². The summed E-state index contributed by atoms with van der Waals surface area (Å²) >= 11 is 5.76. The van der Waals surface area contributed by atoms with Gasteiger partial charge in [-0.15, -0.1) is 0 Å². The van der Waals surface area contributed by atoms with E-state index in [-0.39, 0.29) is 0 Å². The maximum absolute atomic E-state index is 13.4. The van der Waals surface area contributed by atoms with Crippen LogP contribution in [0.25, 0.3) is 11.1 Å². The normalized spacial score (nSPS) is 10.3. The molecule has 0 amide bonds. The van der Waals surface area contributed by atoms with Gasteiger partial charge in [-0.2, -0.15) is 0 Å². The Morgan fingerprint density at radius 2 is 1.87 bits per heavy atom. The van der Waals surface area contributed by atoms with Crippen LogP contribution in [0.1, 0.15) is 0 Å². The summed E-state index contributed by atoms with van der Waals surface area (Å²) < 4.78 is 26.0. The fourth-order valence-electron chi connectivity index (χ4n) is 1.30. The Labute approximate surface area is 91.1 Å².